The Hall–Kier alpha value is -2.35. The number of thioether (sulfide) groups is 1. The van der Waals surface area contributed by atoms with Gasteiger partial charge in [-0.05, 0) is 31.9 Å². The maximum Gasteiger partial charge on any atom is 0.307 e. The van der Waals surface area contributed by atoms with Gasteiger partial charge in [0.25, 0.3) is 5.56 Å². The number of amides is 1. The maximum absolute atomic E-state index is 13.0. The van der Waals surface area contributed by atoms with E-state index in [0.29, 0.717) is 16.1 Å². The highest BCUT2D eigenvalue weighted by molar-refractivity contribution is 8.00. The highest BCUT2D eigenvalue weighted by atomic mass is 32.2. The van der Waals surface area contributed by atoms with E-state index in [4.69, 9.17) is 4.74 Å². The molecule has 8 heteroatoms. The third-order valence-electron chi connectivity index (χ3n) is 5.20. The van der Waals surface area contributed by atoms with E-state index in [2.05, 4.69) is 10.3 Å². The molecule has 3 rings (SSSR count). The van der Waals surface area contributed by atoms with Gasteiger partial charge in [0.2, 0.25) is 5.91 Å². The number of carbonyl (C=O) groups excluding carboxylic acids is 2. The lowest BCUT2D eigenvalue weighted by molar-refractivity contribution is -0.140. The number of ether oxygens (including phenoxy) is 1. The van der Waals surface area contributed by atoms with Crippen LogP contribution in [0.2, 0.25) is 0 Å². The van der Waals surface area contributed by atoms with Gasteiger partial charge in [0.05, 0.1) is 29.7 Å². The first-order chi connectivity index (χ1) is 14.0. The largest absolute Gasteiger partial charge is 0.469 e. The summed E-state index contributed by atoms with van der Waals surface area (Å²) in [6.45, 7) is 1.97. The van der Waals surface area contributed by atoms with Gasteiger partial charge in [-0.1, -0.05) is 43.2 Å². The summed E-state index contributed by atoms with van der Waals surface area (Å²) in [5.74, 6) is -0.451. The Morgan fingerprint density at radius 1 is 1.28 bits per heavy atom. The molecule has 1 aliphatic carbocycles. The van der Waals surface area contributed by atoms with E-state index >= 15 is 0 Å². The van der Waals surface area contributed by atoms with Crippen molar-refractivity contribution in [2.24, 2.45) is 0 Å². The van der Waals surface area contributed by atoms with Crippen molar-refractivity contribution in [2.45, 2.75) is 68.4 Å². The molecule has 29 heavy (non-hydrogen) atoms. The van der Waals surface area contributed by atoms with Crippen LogP contribution >= 0.6 is 11.8 Å². The zero-order valence-corrected chi connectivity index (χ0v) is 17.7. The predicted octanol–water partition coefficient (Wildman–Crippen LogP) is 2.89. The van der Waals surface area contributed by atoms with E-state index in [1.807, 2.05) is 13.0 Å². The average molecular weight is 418 g/mol. The maximum atomic E-state index is 13.0. The SMILES string of the molecule is COC(=O)CCn1c(S[C@@H](C)C(=O)NC2CCCCC2)nc2ccccc2c1=O. The number of rotatable bonds is 7. The quantitative estimate of drug-likeness (QED) is 0.423. The number of para-hydroxylation sites is 1. The van der Waals surface area contributed by atoms with Crippen LogP contribution in [0.1, 0.15) is 45.4 Å². The molecule has 0 unspecified atom stereocenters. The molecule has 0 aliphatic heterocycles. The molecule has 1 amide bonds. The van der Waals surface area contributed by atoms with Crippen molar-refractivity contribution in [1.82, 2.24) is 14.9 Å². The van der Waals surface area contributed by atoms with Gasteiger partial charge in [0.1, 0.15) is 0 Å². The van der Waals surface area contributed by atoms with Gasteiger partial charge < -0.3 is 10.1 Å². The number of methoxy groups -OCH3 is 1. The number of nitrogens with zero attached hydrogens (tertiary/aromatic N) is 2. The molecule has 156 valence electrons. The minimum Gasteiger partial charge on any atom is -0.469 e. The van der Waals surface area contributed by atoms with Crippen LogP contribution in [-0.2, 0) is 20.9 Å². The molecule has 0 radical (unpaired) electrons. The van der Waals surface area contributed by atoms with Crippen molar-refractivity contribution in [3.63, 3.8) is 0 Å². The Morgan fingerprint density at radius 3 is 2.72 bits per heavy atom. The third kappa shape index (κ3) is 5.38. The summed E-state index contributed by atoms with van der Waals surface area (Å²) in [5, 5.41) is 3.63. The lowest BCUT2D eigenvalue weighted by Crippen LogP contribution is -2.40. The Labute approximate surface area is 174 Å². The van der Waals surface area contributed by atoms with Gasteiger partial charge in [0.15, 0.2) is 5.16 Å². The van der Waals surface area contributed by atoms with Crippen molar-refractivity contribution >= 4 is 34.5 Å². The lowest BCUT2D eigenvalue weighted by atomic mass is 9.95. The molecular weight excluding hydrogens is 390 g/mol. The van der Waals surface area contributed by atoms with Crippen LogP contribution in [0.5, 0.6) is 0 Å². The number of nitrogens with one attached hydrogen (secondary N) is 1. The van der Waals surface area contributed by atoms with E-state index in [9.17, 15) is 14.4 Å². The first-order valence-electron chi connectivity index (χ1n) is 10.0. The zero-order chi connectivity index (χ0) is 20.8. The summed E-state index contributed by atoms with van der Waals surface area (Å²) in [7, 11) is 1.32. The molecule has 1 atom stereocenters. The first-order valence-corrected chi connectivity index (χ1v) is 10.9. The van der Waals surface area contributed by atoms with E-state index in [-0.39, 0.29) is 30.5 Å². The van der Waals surface area contributed by atoms with Gasteiger partial charge in [-0.15, -0.1) is 0 Å². The van der Waals surface area contributed by atoms with Crippen molar-refractivity contribution in [3.8, 4) is 0 Å². The predicted molar refractivity (Wildman–Crippen MR) is 113 cm³/mol. The highest BCUT2D eigenvalue weighted by Gasteiger charge is 2.23. The summed E-state index contributed by atoms with van der Waals surface area (Å²) in [5.41, 5.74) is 0.357. The Kier molecular flexibility index (Phi) is 7.30. The van der Waals surface area contributed by atoms with Gasteiger partial charge in [-0.3, -0.25) is 19.0 Å². The van der Waals surface area contributed by atoms with E-state index in [0.717, 1.165) is 25.7 Å². The number of benzene rings is 1. The molecule has 1 N–H and O–H groups in total. The standard InChI is InChI=1S/C21H27N3O4S/c1-14(19(26)22-15-8-4-3-5-9-15)29-21-23-17-11-7-6-10-16(17)20(27)24(21)13-12-18(25)28-2/h6-7,10-11,14-15H,3-5,8-9,12-13H2,1-2H3,(H,22,26)/t14-/m0/s1. The average Bonchev–Trinajstić information content (AvgIpc) is 2.74. The van der Waals surface area contributed by atoms with Crippen molar-refractivity contribution in [3.05, 3.63) is 34.6 Å². The summed E-state index contributed by atoms with van der Waals surface area (Å²) >= 11 is 1.24. The zero-order valence-electron chi connectivity index (χ0n) is 16.8. The van der Waals surface area contributed by atoms with E-state index in [1.54, 1.807) is 18.2 Å². The van der Waals surface area contributed by atoms with Crippen LogP contribution in [0.25, 0.3) is 10.9 Å². The van der Waals surface area contributed by atoms with E-state index < -0.39 is 11.2 Å². The second kappa shape index (κ2) is 9.91. The van der Waals surface area contributed by atoms with Gasteiger partial charge in [-0.2, -0.15) is 0 Å². The second-order valence-corrected chi connectivity index (χ2v) is 8.61. The monoisotopic (exact) mass is 417 g/mol. The van der Waals surface area contributed by atoms with Gasteiger partial charge in [-0.25, -0.2) is 4.98 Å². The summed E-state index contributed by atoms with van der Waals surface area (Å²) < 4.78 is 6.16. The molecule has 1 fully saturated rings. The molecule has 1 aliphatic rings. The summed E-state index contributed by atoms with van der Waals surface area (Å²) in [6.07, 6.45) is 5.61. The first kappa shape index (κ1) is 21.4. The molecule has 7 nitrogen and oxygen atoms in total. The minimum absolute atomic E-state index is 0.0520. The smallest absolute Gasteiger partial charge is 0.307 e. The van der Waals surface area contributed by atoms with E-state index in [1.165, 1.54) is 29.9 Å². The second-order valence-electron chi connectivity index (χ2n) is 7.30. The van der Waals surface area contributed by atoms with Crippen molar-refractivity contribution < 1.29 is 14.3 Å². The normalized spacial score (nSPS) is 15.8. The fraction of sp³-hybridized carbons (Fsp3) is 0.524. The van der Waals surface area contributed by atoms with Crippen LogP contribution < -0.4 is 10.9 Å². The van der Waals surface area contributed by atoms with Crippen LogP contribution in [0.15, 0.2) is 34.2 Å². The van der Waals surface area contributed by atoms with Crippen LogP contribution in [0.4, 0.5) is 0 Å². The number of hydrogen-bond acceptors (Lipinski definition) is 6. The molecule has 0 saturated heterocycles. The highest BCUT2D eigenvalue weighted by Crippen LogP contribution is 2.24. The van der Waals surface area contributed by atoms with Crippen molar-refractivity contribution in [1.29, 1.82) is 0 Å². The molecule has 0 spiro atoms. The number of carbonyl (C=O) groups is 2. The van der Waals surface area contributed by atoms with Crippen molar-refractivity contribution in [2.75, 3.05) is 7.11 Å². The van der Waals surface area contributed by atoms with Crippen LogP contribution in [0, 0.1) is 0 Å². The number of esters is 1. The van der Waals surface area contributed by atoms with Crippen LogP contribution in [0.3, 0.4) is 0 Å². The molecule has 1 aromatic carbocycles. The van der Waals surface area contributed by atoms with Gasteiger partial charge >= 0.3 is 5.97 Å². The molecular formula is C21H27N3O4S. The minimum atomic E-state index is -0.408. The molecule has 1 aromatic heterocycles. The Morgan fingerprint density at radius 2 is 2.00 bits per heavy atom. The molecule has 2 aromatic rings. The number of hydrogen-bond donors (Lipinski definition) is 1. The molecule has 0 bridgehead atoms. The number of aromatic nitrogens is 2. The fourth-order valence-electron chi connectivity index (χ4n) is 3.52. The third-order valence-corrected chi connectivity index (χ3v) is 6.29. The lowest BCUT2D eigenvalue weighted by Gasteiger charge is -2.24. The summed E-state index contributed by atoms with van der Waals surface area (Å²) in [4.78, 5) is 41.8. The Balaban J connectivity index is 1.82. The number of fused-ring (bicyclic) bond motifs is 1. The Bertz CT molecular complexity index is 937. The summed E-state index contributed by atoms with van der Waals surface area (Å²) in [6, 6.07) is 7.32. The van der Waals surface area contributed by atoms with Crippen LogP contribution in [-0.4, -0.2) is 39.8 Å². The fourth-order valence-corrected chi connectivity index (χ4v) is 4.46. The molecule has 1 saturated carbocycles. The van der Waals surface area contributed by atoms with Gasteiger partial charge in [0, 0.05) is 12.6 Å². The topological polar surface area (TPSA) is 90.3 Å². The molecule has 1 heterocycles.